The third-order valence-electron chi connectivity index (χ3n) is 3.33. The molecule has 1 amide bonds. The number of para-hydroxylation sites is 1. The number of benzene rings is 2. The van der Waals surface area contributed by atoms with E-state index in [1.165, 1.54) is 12.1 Å². The molecule has 8 heteroatoms. The van der Waals surface area contributed by atoms with Crippen LogP contribution in [0, 0.1) is 31.9 Å². The van der Waals surface area contributed by atoms with Gasteiger partial charge < -0.3 is 10.4 Å². The van der Waals surface area contributed by atoms with Crippen LogP contribution in [0.5, 0.6) is 5.75 Å². The van der Waals surface area contributed by atoms with E-state index in [9.17, 15) is 25.3 Å². The molecule has 2 N–H and O–H groups in total. The number of nitriles is 1. The van der Waals surface area contributed by atoms with Crippen molar-refractivity contribution in [2.45, 2.75) is 6.92 Å². The molecule has 126 valence electrons. The monoisotopic (exact) mass is 449 g/mol. The maximum absolute atomic E-state index is 12.3. The Bertz CT molecular complexity index is 932. The highest BCUT2D eigenvalue weighted by Gasteiger charge is 2.18. The van der Waals surface area contributed by atoms with Gasteiger partial charge in [0.25, 0.3) is 5.91 Å². The van der Waals surface area contributed by atoms with Crippen LogP contribution in [0.25, 0.3) is 6.08 Å². The van der Waals surface area contributed by atoms with Gasteiger partial charge in [0.1, 0.15) is 11.6 Å². The smallest absolute Gasteiger partial charge is 0.312 e. The van der Waals surface area contributed by atoms with Crippen molar-refractivity contribution in [3.8, 4) is 11.8 Å². The number of aryl methyl sites for hydroxylation is 1. The van der Waals surface area contributed by atoms with Crippen molar-refractivity contribution in [3.63, 3.8) is 0 Å². The lowest BCUT2D eigenvalue weighted by molar-refractivity contribution is -0.386. The number of phenols is 1. The molecule has 0 fully saturated rings. The molecule has 0 radical (unpaired) electrons. The highest BCUT2D eigenvalue weighted by atomic mass is 127. The van der Waals surface area contributed by atoms with Crippen molar-refractivity contribution in [3.05, 3.63) is 66.8 Å². The molecule has 7 nitrogen and oxygen atoms in total. The minimum atomic E-state index is -0.728. The number of carbonyl (C=O) groups excluding carboxylic acids is 1. The van der Waals surface area contributed by atoms with Crippen molar-refractivity contribution in [2.75, 3.05) is 5.32 Å². The average molecular weight is 449 g/mol. The summed E-state index contributed by atoms with van der Waals surface area (Å²) in [6.45, 7) is 1.82. The Morgan fingerprint density at radius 1 is 1.40 bits per heavy atom. The summed E-state index contributed by atoms with van der Waals surface area (Å²) >= 11 is 1.74. The van der Waals surface area contributed by atoms with E-state index >= 15 is 0 Å². The Labute approximate surface area is 156 Å². The van der Waals surface area contributed by atoms with Gasteiger partial charge in [-0.05, 0) is 58.9 Å². The quantitative estimate of drug-likeness (QED) is 0.243. The fourth-order valence-electron chi connectivity index (χ4n) is 2.05. The molecule has 0 saturated carbocycles. The summed E-state index contributed by atoms with van der Waals surface area (Å²) in [6.07, 6.45) is 1.24. The highest BCUT2D eigenvalue weighted by Crippen LogP contribution is 2.33. The summed E-state index contributed by atoms with van der Waals surface area (Å²) in [5.74, 6) is -1.08. The zero-order chi connectivity index (χ0) is 18.6. The number of rotatable bonds is 4. The van der Waals surface area contributed by atoms with E-state index in [-0.39, 0.29) is 14.7 Å². The summed E-state index contributed by atoms with van der Waals surface area (Å²) in [5, 5.41) is 32.5. The van der Waals surface area contributed by atoms with Gasteiger partial charge in [-0.2, -0.15) is 5.26 Å². The second-order valence-electron chi connectivity index (χ2n) is 5.07. The van der Waals surface area contributed by atoms with Crippen LogP contribution in [-0.2, 0) is 4.79 Å². The normalized spacial score (nSPS) is 10.8. The van der Waals surface area contributed by atoms with Crippen LogP contribution in [-0.4, -0.2) is 15.9 Å². The summed E-state index contributed by atoms with van der Waals surface area (Å²) < 4.78 is 0.245. The number of anilines is 1. The molecule has 2 rings (SSSR count). The first-order valence-corrected chi connectivity index (χ1v) is 8.07. The molecule has 0 aromatic heterocycles. The van der Waals surface area contributed by atoms with Crippen molar-refractivity contribution >= 4 is 45.9 Å². The van der Waals surface area contributed by atoms with Gasteiger partial charge in [-0.1, -0.05) is 18.2 Å². The number of hydrogen-bond acceptors (Lipinski definition) is 5. The predicted molar refractivity (Wildman–Crippen MR) is 101 cm³/mol. The standard InChI is InChI=1S/C17H12IN3O4/c1-10-4-2-3-5-14(10)20-17(23)12(9-19)6-11-7-13(18)16(22)15(8-11)21(24)25/h2-8,22H,1H3,(H,20,23)/b12-6-. The Balaban J connectivity index is 2.38. The third kappa shape index (κ3) is 4.33. The average Bonchev–Trinajstić information content (AvgIpc) is 2.57. The molecule has 0 bridgehead atoms. The van der Waals surface area contributed by atoms with E-state index < -0.39 is 22.3 Å². The summed E-state index contributed by atoms with van der Waals surface area (Å²) in [7, 11) is 0. The maximum atomic E-state index is 12.3. The molecular weight excluding hydrogens is 437 g/mol. The van der Waals surface area contributed by atoms with Gasteiger partial charge in [0.05, 0.1) is 8.49 Å². The van der Waals surface area contributed by atoms with Gasteiger partial charge in [0.15, 0.2) is 0 Å². The van der Waals surface area contributed by atoms with Crippen molar-refractivity contribution in [2.24, 2.45) is 0 Å². The van der Waals surface area contributed by atoms with Crippen molar-refractivity contribution in [1.82, 2.24) is 0 Å². The number of hydrogen-bond donors (Lipinski definition) is 2. The number of nitro groups is 1. The van der Waals surface area contributed by atoms with Gasteiger partial charge in [0.2, 0.25) is 5.75 Å². The summed E-state index contributed by atoms with van der Waals surface area (Å²) in [6, 6.07) is 11.4. The number of halogens is 1. The van der Waals surface area contributed by atoms with E-state index in [0.29, 0.717) is 5.69 Å². The molecule has 2 aromatic rings. The van der Waals surface area contributed by atoms with Crippen LogP contribution in [0.3, 0.4) is 0 Å². The van der Waals surface area contributed by atoms with Crippen molar-refractivity contribution < 1.29 is 14.8 Å². The van der Waals surface area contributed by atoms with Crippen LogP contribution in [0.1, 0.15) is 11.1 Å². The van der Waals surface area contributed by atoms with Gasteiger partial charge >= 0.3 is 5.69 Å². The molecule has 0 unspecified atom stereocenters. The number of nitrogens with zero attached hydrogens (tertiary/aromatic N) is 2. The van der Waals surface area contributed by atoms with Gasteiger partial charge in [-0.3, -0.25) is 14.9 Å². The minimum Gasteiger partial charge on any atom is -0.501 e. The lowest BCUT2D eigenvalue weighted by Gasteiger charge is -2.07. The number of nitro benzene ring substituents is 1. The first-order chi connectivity index (χ1) is 11.8. The minimum absolute atomic E-state index is 0.209. The molecule has 0 aliphatic heterocycles. The van der Waals surface area contributed by atoms with Crippen LogP contribution in [0.15, 0.2) is 42.0 Å². The van der Waals surface area contributed by atoms with E-state index in [1.807, 2.05) is 19.1 Å². The number of aromatic hydroxyl groups is 1. The number of nitrogens with one attached hydrogen (secondary N) is 1. The van der Waals surface area contributed by atoms with E-state index in [4.69, 9.17) is 0 Å². The molecular formula is C17H12IN3O4. The zero-order valence-corrected chi connectivity index (χ0v) is 15.1. The molecule has 25 heavy (non-hydrogen) atoms. The van der Waals surface area contributed by atoms with E-state index in [1.54, 1.807) is 40.8 Å². The van der Waals surface area contributed by atoms with Gasteiger partial charge in [-0.25, -0.2) is 0 Å². The van der Waals surface area contributed by atoms with E-state index in [0.717, 1.165) is 11.6 Å². The number of phenolic OH excluding ortho intramolecular Hbond substituents is 1. The van der Waals surface area contributed by atoms with Crippen LogP contribution < -0.4 is 5.32 Å². The fourth-order valence-corrected chi connectivity index (χ4v) is 2.68. The van der Waals surface area contributed by atoms with Crippen LogP contribution in [0.4, 0.5) is 11.4 Å². The Kier molecular flexibility index (Phi) is 5.71. The van der Waals surface area contributed by atoms with Gasteiger partial charge in [0, 0.05) is 11.8 Å². The molecule has 2 aromatic carbocycles. The molecule has 0 heterocycles. The zero-order valence-electron chi connectivity index (χ0n) is 13.0. The Hall–Kier alpha value is -2.93. The highest BCUT2D eigenvalue weighted by molar-refractivity contribution is 14.1. The fraction of sp³-hybridized carbons (Fsp3) is 0.0588. The van der Waals surface area contributed by atoms with Crippen LogP contribution in [0.2, 0.25) is 0 Å². The Morgan fingerprint density at radius 2 is 2.08 bits per heavy atom. The number of carbonyl (C=O) groups is 1. The third-order valence-corrected chi connectivity index (χ3v) is 4.15. The maximum Gasteiger partial charge on any atom is 0.312 e. The molecule has 0 aliphatic rings. The lowest BCUT2D eigenvalue weighted by Crippen LogP contribution is -2.14. The molecule has 0 saturated heterocycles. The first-order valence-electron chi connectivity index (χ1n) is 6.99. The largest absolute Gasteiger partial charge is 0.501 e. The molecule has 0 aliphatic carbocycles. The summed E-state index contributed by atoms with van der Waals surface area (Å²) in [5.41, 5.74) is 0.974. The lowest BCUT2D eigenvalue weighted by atomic mass is 10.1. The van der Waals surface area contributed by atoms with E-state index in [2.05, 4.69) is 5.32 Å². The Morgan fingerprint density at radius 3 is 2.68 bits per heavy atom. The SMILES string of the molecule is Cc1ccccc1NC(=O)/C(C#N)=C\c1cc(I)c(O)c([N+](=O)[O-])c1. The first kappa shape index (κ1) is 18.4. The molecule has 0 spiro atoms. The second-order valence-corrected chi connectivity index (χ2v) is 6.23. The van der Waals surface area contributed by atoms with Gasteiger partial charge in [-0.15, -0.1) is 0 Å². The van der Waals surface area contributed by atoms with Crippen molar-refractivity contribution in [1.29, 1.82) is 5.26 Å². The second kappa shape index (κ2) is 7.76. The summed E-state index contributed by atoms with van der Waals surface area (Å²) in [4.78, 5) is 22.5. The van der Waals surface area contributed by atoms with Crippen LogP contribution >= 0.6 is 22.6 Å². The molecule has 0 atom stereocenters. The predicted octanol–water partition coefficient (Wildman–Crippen LogP) is 3.76. The topological polar surface area (TPSA) is 116 Å². The number of amides is 1.